The van der Waals surface area contributed by atoms with Crippen LogP contribution in [0.5, 0.6) is 0 Å². The van der Waals surface area contributed by atoms with E-state index in [1.54, 1.807) is 13.0 Å². The number of aromatic nitrogens is 3. The van der Waals surface area contributed by atoms with Crippen LogP contribution in [0.2, 0.25) is 0 Å². The van der Waals surface area contributed by atoms with Gasteiger partial charge in [-0.2, -0.15) is 4.98 Å². The summed E-state index contributed by atoms with van der Waals surface area (Å²) in [7, 11) is 0. The van der Waals surface area contributed by atoms with Gasteiger partial charge < -0.3 is 18.9 Å². The zero-order chi connectivity index (χ0) is 20.4. The quantitative estimate of drug-likeness (QED) is 0.755. The van der Waals surface area contributed by atoms with Crippen molar-refractivity contribution in [2.24, 2.45) is 17.8 Å². The Morgan fingerprint density at radius 3 is 2.63 bits per heavy atom. The number of fused-ring (bicyclic) bond motifs is 5. The maximum atomic E-state index is 13.3. The lowest BCUT2D eigenvalue weighted by Crippen LogP contribution is -2.48. The Hall–Kier alpha value is -2.64. The summed E-state index contributed by atoms with van der Waals surface area (Å²) in [6.07, 6.45) is 4.77. The molecular weight excluding hydrogens is 382 g/mol. The molecule has 1 amide bonds. The lowest BCUT2D eigenvalue weighted by molar-refractivity contribution is 0.0777. The Balaban J connectivity index is 1.27. The van der Waals surface area contributed by atoms with Crippen molar-refractivity contribution in [3.05, 3.63) is 39.6 Å². The van der Waals surface area contributed by atoms with Gasteiger partial charge in [-0.1, -0.05) is 6.42 Å². The predicted molar refractivity (Wildman–Crippen MR) is 110 cm³/mol. The highest BCUT2D eigenvalue weighted by Gasteiger charge is 2.40. The molecule has 4 aliphatic rings. The Bertz CT molecular complexity index is 1050. The molecular formula is C22H27N5O3. The summed E-state index contributed by atoms with van der Waals surface area (Å²) in [6.45, 7) is 5.63. The van der Waals surface area contributed by atoms with Gasteiger partial charge in [-0.15, -0.1) is 0 Å². The van der Waals surface area contributed by atoms with Crippen LogP contribution >= 0.6 is 0 Å². The van der Waals surface area contributed by atoms with E-state index in [4.69, 9.17) is 4.52 Å². The summed E-state index contributed by atoms with van der Waals surface area (Å²) in [5.74, 6) is 2.95. The highest BCUT2D eigenvalue weighted by atomic mass is 16.5. The zero-order valence-electron chi connectivity index (χ0n) is 17.3. The van der Waals surface area contributed by atoms with Crippen molar-refractivity contribution in [1.82, 2.24) is 19.6 Å². The lowest BCUT2D eigenvalue weighted by Gasteiger charge is -2.42. The number of carbonyl (C=O) groups is 1. The molecule has 3 aliphatic heterocycles. The van der Waals surface area contributed by atoms with E-state index in [0.29, 0.717) is 41.7 Å². The van der Waals surface area contributed by atoms with Crippen LogP contribution in [-0.2, 0) is 6.54 Å². The second-order valence-corrected chi connectivity index (χ2v) is 9.57. The summed E-state index contributed by atoms with van der Waals surface area (Å²) in [4.78, 5) is 34.9. The van der Waals surface area contributed by atoms with Crippen molar-refractivity contribution in [1.29, 1.82) is 0 Å². The maximum absolute atomic E-state index is 13.3. The number of piperidine rings is 1. The molecule has 1 saturated carbocycles. The maximum Gasteiger partial charge on any atom is 0.266 e. The first kappa shape index (κ1) is 18.2. The van der Waals surface area contributed by atoms with Crippen molar-refractivity contribution < 1.29 is 9.32 Å². The fourth-order valence-electron chi connectivity index (χ4n) is 6.26. The normalized spacial score (nSPS) is 29.8. The minimum absolute atomic E-state index is 0.0793. The monoisotopic (exact) mass is 409 g/mol. The smallest absolute Gasteiger partial charge is 0.266 e. The molecule has 3 fully saturated rings. The molecule has 0 radical (unpaired) electrons. The summed E-state index contributed by atoms with van der Waals surface area (Å²) in [5.41, 5.74) is 1.24. The van der Waals surface area contributed by atoms with Gasteiger partial charge in [0, 0.05) is 51.3 Å². The third-order valence-electron chi connectivity index (χ3n) is 7.65. The number of anilines is 1. The van der Waals surface area contributed by atoms with Crippen LogP contribution in [0, 0.1) is 24.7 Å². The minimum Gasteiger partial charge on any atom is -0.338 e. The van der Waals surface area contributed by atoms with Crippen LogP contribution in [0.25, 0.3) is 0 Å². The molecule has 2 bridgehead atoms. The van der Waals surface area contributed by atoms with E-state index < -0.39 is 0 Å². The minimum atomic E-state index is -0.117. The van der Waals surface area contributed by atoms with E-state index in [1.165, 1.54) is 19.3 Å². The number of amides is 1. The number of aryl methyl sites for hydroxylation is 1. The van der Waals surface area contributed by atoms with Crippen LogP contribution in [0.15, 0.2) is 21.5 Å². The van der Waals surface area contributed by atoms with Gasteiger partial charge in [-0.25, -0.2) is 0 Å². The van der Waals surface area contributed by atoms with Gasteiger partial charge in [0.1, 0.15) is 5.56 Å². The number of likely N-dealkylation sites (tertiary alicyclic amines) is 1. The molecule has 2 saturated heterocycles. The molecule has 158 valence electrons. The van der Waals surface area contributed by atoms with Crippen LogP contribution in [0.1, 0.15) is 53.5 Å². The number of nitrogens with zero attached hydrogens (tertiary/aromatic N) is 5. The average Bonchev–Trinajstić information content (AvgIpc) is 3.44. The highest BCUT2D eigenvalue weighted by Crippen LogP contribution is 2.39. The van der Waals surface area contributed by atoms with Crippen molar-refractivity contribution in [3.63, 3.8) is 0 Å². The van der Waals surface area contributed by atoms with Crippen molar-refractivity contribution in [2.45, 2.75) is 45.1 Å². The molecule has 30 heavy (non-hydrogen) atoms. The van der Waals surface area contributed by atoms with Crippen LogP contribution < -0.4 is 10.5 Å². The van der Waals surface area contributed by atoms with Gasteiger partial charge in [0.05, 0.1) is 0 Å². The SMILES string of the molecule is Cc1nc(N2C[C@@H]3C[C@H](C2)c2ccc(C(=O)N4C[C@H]5CCC[C@H]5C4)c(=O)n2C3)no1. The second kappa shape index (κ2) is 6.68. The molecule has 5 heterocycles. The molecule has 4 atom stereocenters. The molecule has 1 aliphatic carbocycles. The number of hydrogen-bond donors (Lipinski definition) is 0. The van der Waals surface area contributed by atoms with Crippen LogP contribution in [0.4, 0.5) is 5.95 Å². The largest absolute Gasteiger partial charge is 0.338 e. The first-order chi connectivity index (χ1) is 14.6. The van der Waals surface area contributed by atoms with Crippen LogP contribution in [-0.4, -0.2) is 51.7 Å². The number of carbonyl (C=O) groups excluding carboxylic acids is 1. The highest BCUT2D eigenvalue weighted by molar-refractivity contribution is 5.94. The van der Waals surface area contributed by atoms with Crippen molar-refractivity contribution in [3.8, 4) is 0 Å². The number of pyridine rings is 1. The summed E-state index contributed by atoms with van der Waals surface area (Å²) in [5, 5.41) is 4.07. The Kier molecular flexibility index (Phi) is 4.05. The van der Waals surface area contributed by atoms with Gasteiger partial charge >= 0.3 is 0 Å². The van der Waals surface area contributed by atoms with Gasteiger partial charge in [-0.05, 0) is 54.3 Å². The third-order valence-corrected chi connectivity index (χ3v) is 7.65. The standard InChI is InChI=1S/C22H27N5O3/c1-13-23-22(24-30-13)26-8-14-7-17(12-26)19-6-5-18(21(29)27(19)9-14)20(28)25-10-15-3-2-4-16(15)11-25/h5-6,14-17H,2-4,7-12H2,1H3/t14-,15-,16+,17+/m0/s1. The molecule has 0 spiro atoms. The fraction of sp³-hybridized carbons (Fsp3) is 0.636. The van der Waals surface area contributed by atoms with Crippen molar-refractivity contribution in [2.75, 3.05) is 31.1 Å². The molecule has 0 N–H and O–H groups in total. The topological polar surface area (TPSA) is 84.5 Å². The number of hydrogen-bond acceptors (Lipinski definition) is 6. The van der Waals surface area contributed by atoms with E-state index in [1.807, 2.05) is 15.5 Å². The first-order valence-corrected chi connectivity index (χ1v) is 11.1. The molecule has 2 aromatic rings. The van der Waals surface area contributed by atoms with E-state index in [0.717, 1.165) is 38.3 Å². The number of rotatable bonds is 2. The molecule has 0 aromatic carbocycles. The van der Waals surface area contributed by atoms with E-state index in [-0.39, 0.29) is 17.4 Å². The van der Waals surface area contributed by atoms with E-state index in [2.05, 4.69) is 15.0 Å². The van der Waals surface area contributed by atoms with Crippen molar-refractivity contribution >= 4 is 11.9 Å². The van der Waals surface area contributed by atoms with Gasteiger partial charge in [0.2, 0.25) is 5.89 Å². The summed E-state index contributed by atoms with van der Waals surface area (Å²) >= 11 is 0. The molecule has 6 rings (SSSR count). The predicted octanol–water partition coefficient (Wildman–Crippen LogP) is 2.04. The first-order valence-electron chi connectivity index (χ1n) is 11.1. The third kappa shape index (κ3) is 2.80. The molecule has 8 heteroatoms. The molecule has 8 nitrogen and oxygen atoms in total. The Labute approximate surface area is 174 Å². The summed E-state index contributed by atoms with van der Waals surface area (Å²) < 4.78 is 7.01. The van der Waals surface area contributed by atoms with E-state index >= 15 is 0 Å². The Morgan fingerprint density at radius 1 is 1.10 bits per heavy atom. The second-order valence-electron chi connectivity index (χ2n) is 9.57. The Morgan fingerprint density at radius 2 is 1.90 bits per heavy atom. The average molecular weight is 409 g/mol. The fourth-order valence-corrected chi connectivity index (χ4v) is 6.26. The van der Waals surface area contributed by atoms with Gasteiger partial charge in [0.15, 0.2) is 0 Å². The lowest BCUT2D eigenvalue weighted by atomic mass is 9.83. The van der Waals surface area contributed by atoms with Gasteiger partial charge in [-0.3, -0.25) is 9.59 Å². The summed E-state index contributed by atoms with van der Waals surface area (Å²) in [6, 6.07) is 3.76. The molecule has 0 unspecified atom stereocenters. The van der Waals surface area contributed by atoms with Gasteiger partial charge in [0.25, 0.3) is 17.4 Å². The van der Waals surface area contributed by atoms with Crippen LogP contribution in [0.3, 0.4) is 0 Å². The molecule has 2 aromatic heterocycles. The zero-order valence-corrected chi connectivity index (χ0v) is 17.3. The van der Waals surface area contributed by atoms with E-state index in [9.17, 15) is 9.59 Å².